The van der Waals surface area contributed by atoms with Crippen molar-refractivity contribution in [3.05, 3.63) is 47.5 Å². The lowest BCUT2D eigenvalue weighted by molar-refractivity contribution is 0.395. The predicted octanol–water partition coefficient (Wildman–Crippen LogP) is 4.10. The molecule has 0 bridgehead atoms. The van der Waals surface area contributed by atoms with Crippen LogP contribution in [-0.4, -0.2) is 43.1 Å². The standard InChI is InChI=1S/C19H20ClN3O4S/c1-4-23(5-2)28(24,25)17-12-13(10-11-16(17)26-3)18-21-22-19(27-18)14-8-6-7-9-15(14)20/h6-12H,4-5H2,1-3H3. The number of sulfonamides is 1. The molecule has 0 N–H and O–H groups in total. The highest BCUT2D eigenvalue weighted by molar-refractivity contribution is 7.89. The summed E-state index contributed by atoms with van der Waals surface area (Å²) in [5.41, 5.74) is 1.07. The van der Waals surface area contributed by atoms with Crippen LogP contribution in [0, 0.1) is 0 Å². The number of aromatic nitrogens is 2. The number of nitrogens with zero attached hydrogens (tertiary/aromatic N) is 3. The predicted molar refractivity (Wildman–Crippen MR) is 107 cm³/mol. The number of methoxy groups -OCH3 is 1. The Morgan fingerprint density at radius 1 is 1.07 bits per heavy atom. The van der Waals surface area contributed by atoms with Crippen LogP contribution in [0.1, 0.15) is 13.8 Å². The maximum atomic E-state index is 13.0. The average molecular weight is 422 g/mol. The van der Waals surface area contributed by atoms with Crippen molar-refractivity contribution < 1.29 is 17.6 Å². The summed E-state index contributed by atoms with van der Waals surface area (Å²) >= 11 is 6.18. The summed E-state index contributed by atoms with van der Waals surface area (Å²) in [5, 5.41) is 8.56. The summed E-state index contributed by atoms with van der Waals surface area (Å²) in [6.07, 6.45) is 0. The first-order chi connectivity index (χ1) is 13.4. The minimum Gasteiger partial charge on any atom is -0.495 e. The molecule has 0 saturated carbocycles. The van der Waals surface area contributed by atoms with Crippen LogP contribution in [0.25, 0.3) is 22.9 Å². The van der Waals surface area contributed by atoms with Crippen molar-refractivity contribution in [1.29, 1.82) is 0 Å². The highest BCUT2D eigenvalue weighted by Gasteiger charge is 2.27. The van der Waals surface area contributed by atoms with E-state index in [0.717, 1.165) is 0 Å². The lowest BCUT2D eigenvalue weighted by atomic mass is 10.2. The molecule has 9 heteroatoms. The Morgan fingerprint density at radius 2 is 1.75 bits per heavy atom. The largest absolute Gasteiger partial charge is 0.495 e. The first-order valence-electron chi connectivity index (χ1n) is 8.69. The van der Waals surface area contributed by atoms with E-state index < -0.39 is 10.0 Å². The molecule has 0 spiro atoms. The van der Waals surface area contributed by atoms with E-state index in [1.54, 1.807) is 44.2 Å². The van der Waals surface area contributed by atoms with E-state index in [-0.39, 0.29) is 22.4 Å². The van der Waals surface area contributed by atoms with Crippen molar-refractivity contribution in [2.24, 2.45) is 0 Å². The second-order valence-corrected chi connectivity index (χ2v) is 8.16. The summed E-state index contributed by atoms with van der Waals surface area (Å²) in [7, 11) is -2.30. The van der Waals surface area contributed by atoms with Crippen LogP contribution in [-0.2, 0) is 10.0 Å². The van der Waals surface area contributed by atoms with Gasteiger partial charge in [-0.25, -0.2) is 8.42 Å². The van der Waals surface area contributed by atoms with Crippen LogP contribution in [0.3, 0.4) is 0 Å². The first-order valence-corrected chi connectivity index (χ1v) is 10.5. The maximum Gasteiger partial charge on any atom is 0.249 e. The van der Waals surface area contributed by atoms with Gasteiger partial charge in [0.25, 0.3) is 0 Å². The van der Waals surface area contributed by atoms with E-state index in [9.17, 15) is 8.42 Å². The number of ether oxygens (including phenoxy) is 1. The van der Waals surface area contributed by atoms with Gasteiger partial charge in [0.05, 0.1) is 17.7 Å². The molecule has 28 heavy (non-hydrogen) atoms. The molecule has 3 rings (SSSR count). The van der Waals surface area contributed by atoms with Crippen molar-refractivity contribution in [1.82, 2.24) is 14.5 Å². The van der Waals surface area contributed by atoms with E-state index in [4.69, 9.17) is 20.8 Å². The lowest BCUT2D eigenvalue weighted by Gasteiger charge is -2.20. The number of benzene rings is 2. The van der Waals surface area contributed by atoms with E-state index in [2.05, 4.69) is 10.2 Å². The number of halogens is 1. The molecule has 0 unspecified atom stereocenters. The van der Waals surface area contributed by atoms with Gasteiger partial charge in [0.2, 0.25) is 21.8 Å². The van der Waals surface area contributed by atoms with Crippen molar-refractivity contribution >= 4 is 21.6 Å². The molecule has 0 fully saturated rings. The van der Waals surface area contributed by atoms with Crippen LogP contribution in [0.15, 0.2) is 51.8 Å². The van der Waals surface area contributed by atoms with Gasteiger partial charge in [-0.1, -0.05) is 37.6 Å². The molecule has 3 aromatic rings. The lowest BCUT2D eigenvalue weighted by Crippen LogP contribution is -2.30. The number of rotatable bonds is 7. The van der Waals surface area contributed by atoms with Crippen LogP contribution in [0.2, 0.25) is 5.02 Å². The zero-order valence-electron chi connectivity index (χ0n) is 15.7. The minimum atomic E-state index is -3.73. The van der Waals surface area contributed by atoms with Gasteiger partial charge in [0.1, 0.15) is 10.6 Å². The molecule has 0 amide bonds. The highest BCUT2D eigenvalue weighted by atomic mass is 35.5. The van der Waals surface area contributed by atoms with Crippen LogP contribution >= 0.6 is 11.6 Å². The third kappa shape index (κ3) is 3.76. The van der Waals surface area contributed by atoms with E-state index in [1.165, 1.54) is 17.5 Å². The average Bonchev–Trinajstić information content (AvgIpc) is 3.18. The smallest absolute Gasteiger partial charge is 0.249 e. The summed E-state index contributed by atoms with van der Waals surface area (Å²) in [5.74, 6) is 0.694. The number of hydrogen-bond acceptors (Lipinski definition) is 6. The Balaban J connectivity index is 2.07. The SMILES string of the molecule is CCN(CC)S(=O)(=O)c1cc(-c2nnc(-c3ccccc3Cl)o2)ccc1OC. The van der Waals surface area contributed by atoms with Gasteiger partial charge in [-0.05, 0) is 30.3 Å². The first kappa shape index (κ1) is 20.3. The monoisotopic (exact) mass is 421 g/mol. The quantitative estimate of drug-likeness (QED) is 0.571. The van der Waals surface area contributed by atoms with E-state index in [0.29, 0.717) is 29.2 Å². The fourth-order valence-electron chi connectivity index (χ4n) is 2.80. The van der Waals surface area contributed by atoms with Crippen LogP contribution < -0.4 is 4.74 Å². The molecule has 1 heterocycles. The van der Waals surface area contributed by atoms with Crippen molar-refractivity contribution in [3.63, 3.8) is 0 Å². The Kier molecular flexibility index (Phi) is 6.02. The molecule has 7 nitrogen and oxygen atoms in total. The van der Waals surface area contributed by atoms with Gasteiger partial charge in [0.15, 0.2) is 0 Å². The Morgan fingerprint density at radius 3 is 2.39 bits per heavy atom. The molecule has 0 radical (unpaired) electrons. The van der Waals surface area contributed by atoms with Gasteiger partial charge in [0, 0.05) is 18.7 Å². The molecule has 2 aromatic carbocycles. The molecule has 0 aliphatic carbocycles. The Bertz CT molecular complexity index is 1080. The fraction of sp³-hybridized carbons (Fsp3) is 0.263. The number of hydrogen-bond donors (Lipinski definition) is 0. The van der Waals surface area contributed by atoms with Crippen molar-refractivity contribution in [2.75, 3.05) is 20.2 Å². The van der Waals surface area contributed by atoms with Crippen LogP contribution in [0.5, 0.6) is 5.75 Å². The molecule has 0 aliphatic rings. The Hall–Kier alpha value is -2.42. The maximum absolute atomic E-state index is 13.0. The van der Waals surface area contributed by atoms with Gasteiger partial charge < -0.3 is 9.15 Å². The summed E-state index contributed by atoms with van der Waals surface area (Å²) in [6.45, 7) is 4.27. The molecular weight excluding hydrogens is 402 g/mol. The molecule has 148 valence electrons. The van der Waals surface area contributed by atoms with Crippen molar-refractivity contribution in [3.8, 4) is 28.7 Å². The minimum absolute atomic E-state index is 0.0497. The Labute approximate surface area is 169 Å². The summed E-state index contributed by atoms with van der Waals surface area (Å²) < 4.78 is 38.3. The second-order valence-electron chi connectivity index (χ2n) is 5.85. The molecule has 1 aromatic heterocycles. The van der Waals surface area contributed by atoms with Gasteiger partial charge in [-0.15, -0.1) is 10.2 Å². The van der Waals surface area contributed by atoms with E-state index >= 15 is 0 Å². The molecular formula is C19H20ClN3O4S. The highest BCUT2D eigenvalue weighted by Crippen LogP contribution is 2.33. The van der Waals surface area contributed by atoms with Crippen molar-refractivity contribution in [2.45, 2.75) is 18.7 Å². The second kappa shape index (κ2) is 8.30. The van der Waals surface area contributed by atoms with E-state index in [1.807, 2.05) is 6.07 Å². The third-order valence-corrected chi connectivity index (χ3v) is 6.66. The molecule has 0 saturated heterocycles. The van der Waals surface area contributed by atoms with Crippen LogP contribution in [0.4, 0.5) is 0 Å². The fourth-order valence-corrected chi connectivity index (χ4v) is 4.65. The normalized spacial score (nSPS) is 11.8. The zero-order chi connectivity index (χ0) is 20.3. The third-order valence-electron chi connectivity index (χ3n) is 4.26. The molecule has 0 aliphatic heterocycles. The van der Waals surface area contributed by atoms with Gasteiger partial charge >= 0.3 is 0 Å². The summed E-state index contributed by atoms with van der Waals surface area (Å²) in [6, 6.07) is 11.8. The van der Waals surface area contributed by atoms with Gasteiger partial charge in [-0.2, -0.15) is 4.31 Å². The topological polar surface area (TPSA) is 85.5 Å². The van der Waals surface area contributed by atoms with Gasteiger partial charge in [-0.3, -0.25) is 0 Å². The summed E-state index contributed by atoms with van der Waals surface area (Å²) in [4.78, 5) is 0.0497. The zero-order valence-corrected chi connectivity index (χ0v) is 17.3. The molecule has 0 atom stereocenters.